The highest BCUT2D eigenvalue weighted by atomic mass is 32.1. The van der Waals surface area contributed by atoms with Gasteiger partial charge in [0.25, 0.3) is 5.91 Å². The van der Waals surface area contributed by atoms with Gasteiger partial charge in [0.15, 0.2) is 0 Å². The Morgan fingerprint density at radius 3 is 3.06 bits per heavy atom. The van der Waals surface area contributed by atoms with Gasteiger partial charge in [0.2, 0.25) is 0 Å². The SMILES string of the molecule is COC1(CO)CCCN(C(=O)c2cc(C)sn2)C1. The van der Waals surface area contributed by atoms with Crippen LogP contribution in [0, 0.1) is 6.92 Å². The summed E-state index contributed by atoms with van der Waals surface area (Å²) in [5.41, 5.74) is -0.124. The lowest BCUT2D eigenvalue weighted by atomic mass is 9.93. The maximum Gasteiger partial charge on any atom is 0.273 e. The third-order valence-electron chi connectivity index (χ3n) is 3.39. The van der Waals surface area contributed by atoms with E-state index in [-0.39, 0.29) is 12.5 Å². The molecule has 18 heavy (non-hydrogen) atoms. The highest BCUT2D eigenvalue weighted by Gasteiger charge is 2.37. The molecule has 0 aliphatic carbocycles. The Morgan fingerprint density at radius 2 is 2.50 bits per heavy atom. The number of rotatable bonds is 3. The van der Waals surface area contributed by atoms with E-state index in [1.165, 1.54) is 11.5 Å². The average molecular weight is 270 g/mol. The van der Waals surface area contributed by atoms with E-state index in [0.29, 0.717) is 18.8 Å². The van der Waals surface area contributed by atoms with Crippen molar-refractivity contribution in [3.8, 4) is 0 Å². The first-order valence-corrected chi connectivity index (χ1v) is 6.76. The van der Waals surface area contributed by atoms with Gasteiger partial charge in [-0.1, -0.05) is 0 Å². The zero-order valence-electron chi connectivity index (χ0n) is 10.7. The van der Waals surface area contributed by atoms with Crippen molar-refractivity contribution in [2.45, 2.75) is 25.4 Å². The van der Waals surface area contributed by atoms with Crippen molar-refractivity contribution in [1.82, 2.24) is 9.27 Å². The van der Waals surface area contributed by atoms with E-state index >= 15 is 0 Å². The number of nitrogens with zero attached hydrogens (tertiary/aromatic N) is 2. The zero-order valence-corrected chi connectivity index (χ0v) is 11.5. The average Bonchev–Trinajstić information content (AvgIpc) is 2.84. The van der Waals surface area contributed by atoms with Crippen molar-refractivity contribution < 1.29 is 14.6 Å². The topological polar surface area (TPSA) is 62.7 Å². The smallest absolute Gasteiger partial charge is 0.273 e. The largest absolute Gasteiger partial charge is 0.393 e. The van der Waals surface area contributed by atoms with Crippen LogP contribution in [0.2, 0.25) is 0 Å². The highest BCUT2D eigenvalue weighted by molar-refractivity contribution is 7.05. The molecule has 1 amide bonds. The van der Waals surface area contributed by atoms with Crippen molar-refractivity contribution in [2.75, 3.05) is 26.8 Å². The predicted octanol–water partition coefficient (Wildman–Crippen LogP) is 1.07. The van der Waals surface area contributed by atoms with E-state index in [9.17, 15) is 9.90 Å². The number of hydrogen-bond acceptors (Lipinski definition) is 5. The number of piperidine rings is 1. The van der Waals surface area contributed by atoms with E-state index in [0.717, 1.165) is 17.7 Å². The van der Waals surface area contributed by atoms with E-state index in [2.05, 4.69) is 4.37 Å². The van der Waals surface area contributed by atoms with Gasteiger partial charge in [0.1, 0.15) is 11.3 Å². The molecule has 1 aliphatic heterocycles. The lowest BCUT2D eigenvalue weighted by Crippen LogP contribution is -2.53. The molecule has 2 heterocycles. The summed E-state index contributed by atoms with van der Waals surface area (Å²) in [5.74, 6) is -0.0751. The molecule has 1 aliphatic rings. The normalized spacial score (nSPS) is 24.3. The zero-order chi connectivity index (χ0) is 13.2. The maximum atomic E-state index is 12.3. The van der Waals surface area contributed by atoms with Gasteiger partial charge in [0.05, 0.1) is 13.2 Å². The number of ether oxygens (including phenoxy) is 1. The molecular formula is C12H18N2O3S. The number of amides is 1. The lowest BCUT2D eigenvalue weighted by Gasteiger charge is -2.40. The van der Waals surface area contributed by atoms with Crippen LogP contribution < -0.4 is 0 Å². The predicted molar refractivity (Wildman–Crippen MR) is 68.8 cm³/mol. The summed E-state index contributed by atoms with van der Waals surface area (Å²) < 4.78 is 9.53. The maximum absolute atomic E-state index is 12.3. The minimum absolute atomic E-state index is 0.0661. The summed E-state index contributed by atoms with van der Waals surface area (Å²) in [7, 11) is 1.58. The standard InChI is InChI=1S/C12H18N2O3S/c1-9-6-10(13-18-9)11(16)14-5-3-4-12(7-14,8-15)17-2/h6,15H,3-5,7-8H2,1-2H3. The van der Waals surface area contributed by atoms with Crippen LogP contribution in [0.5, 0.6) is 0 Å². The van der Waals surface area contributed by atoms with Gasteiger partial charge in [-0.2, -0.15) is 4.37 Å². The van der Waals surface area contributed by atoms with E-state index in [1.807, 2.05) is 6.92 Å². The Labute approximate surface area is 111 Å². The van der Waals surface area contributed by atoms with Crippen molar-refractivity contribution in [2.24, 2.45) is 0 Å². The quantitative estimate of drug-likeness (QED) is 0.892. The molecule has 0 bridgehead atoms. The fraction of sp³-hybridized carbons (Fsp3) is 0.667. The van der Waals surface area contributed by atoms with Crippen molar-refractivity contribution in [3.05, 3.63) is 16.6 Å². The number of aliphatic hydroxyl groups is 1. The Hall–Kier alpha value is -0.980. The molecular weight excluding hydrogens is 252 g/mol. The second-order valence-electron chi connectivity index (χ2n) is 4.70. The fourth-order valence-electron chi connectivity index (χ4n) is 2.26. The molecule has 6 heteroatoms. The molecule has 0 spiro atoms. The van der Waals surface area contributed by atoms with Gasteiger partial charge in [-0.15, -0.1) is 0 Å². The number of carbonyl (C=O) groups is 1. The monoisotopic (exact) mass is 270 g/mol. The third kappa shape index (κ3) is 2.55. The van der Waals surface area contributed by atoms with Crippen LogP contribution >= 0.6 is 11.5 Å². The molecule has 0 saturated carbocycles. The van der Waals surface area contributed by atoms with Gasteiger partial charge in [-0.25, -0.2) is 0 Å². The van der Waals surface area contributed by atoms with E-state index in [4.69, 9.17) is 4.74 Å². The molecule has 0 radical (unpaired) electrons. The number of likely N-dealkylation sites (tertiary alicyclic amines) is 1. The molecule has 5 nitrogen and oxygen atoms in total. The van der Waals surface area contributed by atoms with Crippen LogP contribution in [-0.2, 0) is 4.74 Å². The number of methoxy groups -OCH3 is 1. The number of carbonyl (C=O) groups excluding carboxylic acids is 1. The van der Waals surface area contributed by atoms with Gasteiger partial charge in [0, 0.05) is 18.5 Å². The van der Waals surface area contributed by atoms with Gasteiger partial charge in [-0.3, -0.25) is 4.79 Å². The first-order chi connectivity index (χ1) is 8.60. The van der Waals surface area contributed by atoms with Crippen LogP contribution in [0.1, 0.15) is 28.2 Å². The lowest BCUT2D eigenvalue weighted by molar-refractivity contribution is -0.0884. The third-order valence-corrected chi connectivity index (χ3v) is 4.09. The van der Waals surface area contributed by atoms with Crippen LogP contribution in [-0.4, -0.2) is 52.7 Å². The number of aliphatic hydroxyl groups excluding tert-OH is 1. The van der Waals surface area contributed by atoms with Gasteiger partial charge >= 0.3 is 0 Å². The minimum Gasteiger partial charge on any atom is -0.393 e. The molecule has 1 atom stereocenters. The van der Waals surface area contributed by atoms with E-state index in [1.54, 1.807) is 18.1 Å². The minimum atomic E-state index is -0.612. The van der Waals surface area contributed by atoms with Crippen molar-refractivity contribution in [1.29, 1.82) is 0 Å². The Kier molecular flexibility index (Phi) is 3.99. The molecule has 1 fully saturated rings. The first-order valence-electron chi connectivity index (χ1n) is 5.99. The number of aromatic nitrogens is 1. The Morgan fingerprint density at radius 1 is 1.72 bits per heavy atom. The van der Waals surface area contributed by atoms with E-state index < -0.39 is 5.60 Å². The first kappa shape index (κ1) is 13.5. The fourth-order valence-corrected chi connectivity index (χ4v) is 2.80. The summed E-state index contributed by atoms with van der Waals surface area (Å²) in [4.78, 5) is 15.0. The van der Waals surface area contributed by atoms with Gasteiger partial charge < -0.3 is 14.7 Å². The Balaban J connectivity index is 2.11. The summed E-state index contributed by atoms with van der Waals surface area (Å²) in [6.07, 6.45) is 1.61. The summed E-state index contributed by atoms with van der Waals surface area (Å²) in [6.45, 7) is 2.98. The van der Waals surface area contributed by atoms with Gasteiger partial charge in [-0.05, 0) is 37.4 Å². The molecule has 1 saturated heterocycles. The van der Waals surface area contributed by atoms with Crippen LogP contribution in [0.15, 0.2) is 6.07 Å². The van der Waals surface area contributed by atoms with Crippen molar-refractivity contribution in [3.63, 3.8) is 0 Å². The van der Waals surface area contributed by atoms with Crippen molar-refractivity contribution >= 4 is 17.4 Å². The van der Waals surface area contributed by atoms with Crippen LogP contribution in [0.3, 0.4) is 0 Å². The number of hydrogen-bond donors (Lipinski definition) is 1. The molecule has 1 unspecified atom stereocenters. The molecule has 0 aromatic carbocycles. The summed E-state index contributed by atoms with van der Waals surface area (Å²) in [5, 5.41) is 9.44. The summed E-state index contributed by atoms with van der Waals surface area (Å²) >= 11 is 1.33. The molecule has 1 aromatic rings. The van der Waals surface area contributed by atoms with Crippen LogP contribution in [0.4, 0.5) is 0 Å². The highest BCUT2D eigenvalue weighted by Crippen LogP contribution is 2.25. The van der Waals surface area contributed by atoms with Crippen LogP contribution in [0.25, 0.3) is 0 Å². The summed E-state index contributed by atoms with van der Waals surface area (Å²) in [6, 6.07) is 1.80. The second kappa shape index (κ2) is 5.34. The molecule has 1 N–H and O–H groups in total. The number of aryl methyl sites for hydroxylation is 1. The molecule has 1 aromatic heterocycles. The molecule has 2 rings (SSSR count). The second-order valence-corrected chi connectivity index (χ2v) is 5.71. The Bertz CT molecular complexity index is 429. The molecule has 100 valence electrons.